The van der Waals surface area contributed by atoms with Gasteiger partial charge in [0.05, 0.1) is 47.0 Å². The highest BCUT2D eigenvalue weighted by atomic mass is 35.5. The van der Waals surface area contributed by atoms with Crippen molar-refractivity contribution in [2.75, 3.05) is 68.5 Å². The second-order valence-corrected chi connectivity index (χ2v) is 18.9. The van der Waals surface area contributed by atoms with E-state index in [1.165, 1.54) is 33.8 Å². The first-order valence-electron chi connectivity index (χ1n) is 22.9. The number of methoxy groups -OCH3 is 1. The summed E-state index contributed by atoms with van der Waals surface area (Å²) in [4.78, 5) is 67.3. The van der Waals surface area contributed by atoms with Crippen LogP contribution >= 0.6 is 11.6 Å². The number of piperidine rings is 2. The van der Waals surface area contributed by atoms with Crippen LogP contribution in [0.25, 0.3) is 16.9 Å². The summed E-state index contributed by atoms with van der Waals surface area (Å²) in [5.41, 5.74) is 4.71. The summed E-state index contributed by atoms with van der Waals surface area (Å²) in [7, 11) is 3.39. The molecule has 16 nitrogen and oxygen atoms in total. The SMILES string of the molecule is CNc1cc(N2CCc3c(-c4ccc(CN5CCC6(CCN(C(=O)c7cc(C)c(Cl)c(N8CCC(=O)NC8=O)c7)CC6)C(F)(F)C5)cn4)cc(F)cc32)nn2c(C(=O)N[C@@H]3CC[C@H]3OC)cnc12. The summed E-state index contributed by atoms with van der Waals surface area (Å²) in [6.45, 7) is 2.89. The monoisotopic (exact) mass is 953 g/mol. The largest absolute Gasteiger partial charge is 0.385 e. The standard InChI is InChI=1S/C48H51ClF3N11O5/c1-27-18-29(19-37(42(27)49)62-14-9-41(64)57-46(62)67)45(66)60-16-11-47(12-17-60)10-15-59(26-48(47,51)52)25-28-4-5-33(54-23-28)32-20-30(50)21-36-31(32)8-13-61(36)40-22-35(53-2)43-55-24-38(63(43)58-40)44(65)56-34-6-7-39(34)68-3/h4-5,18-24,34,39,53H,6-17,25-26H2,1-3H3,(H,56,65)(H,57,64,67)/t34-,39-/m1/s1. The van der Waals surface area contributed by atoms with Gasteiger partial charge >= 0.3 is 6.03 Å². The minimum Gasteiger partial charge on any atom is -0.385 e. The van der Waals surface area contributed by atoms with Crippen molar-refractivity contribution in [3.8, 4) is 11.3 Å². The summed E-state index contributed by atoms with van der Waals surface area (Å²) >= 11 is 6.55. The first-order valence-corrected chi connectivity index (χ1v) is 23.3. The van der Waals surface area contributed by atoms with Crippen LogP contribution in [0.2, 0.25) is 5.02 Å². The Morgan fingerprint density at radius 3 is 2.41 bits per heavy atom. The van der Waals surface area contributed by atoms with Gasteiger partial charge in [-0.1, -0.05) is 17.7 Å². The molecule has 0 bridgehead atoms. The number of aryl methyl sites for hydroxylation is 1. The molecule has 3 aromatic heterocycles. The molecule has 3 N–H and O–H groups in total. The zero-order chi connectivity index (χ0) is 47.6. The number of hydrogen-bond donors (Lipinski definition) is 3. The lowest BCUT2D eigenvalue weighted by Gasteiger charge is -2.51. The normalized spacial score (nSPS) is 21.2. The van der Waals surface area contributed by atoms with Gasteiger partial charge in [0.1, 0.15) is 5.82 Å². The van der Waals surface area contributed by atoms with E-state index in [1.54, 1.807) is 49.2 Å². The summed E-state index contributed by atoms with van der Waals surface area (Å²) in [5, 5.41) is 13.6. The molecule has 3 saturated heterocycles. The van der Waals surface area contributed by atoms with Crippen LogP contribution in [-0.2, 0) is 22.5 Å². The molecule has 1 saturated carbocycles. The number of urea groups is 1. The number of carbonyl (C=O) groups excluding carboxylic acids is 4. The quantitative estimate of drug-likeness (QED) is 0.136. The summed E-state index contributed by atoms with van der Waals surface area (Å²) in [5.74, 6) is -4.03. The molecule has 2 atom stereocenters. The number of carbonyl (C=O) groups is 4. The van der Waals surface area contributed by atoms with Crippen molar-refractivity contribution in [2.45, 2.75) is 76.5 Å². The second kappa shape index (κ2) is 17.6. The van der Waals surface area contributed by atoms with Crippen molar-refractivity contribution in [3.05, 3.63) is 93.6 Å². The van der Waals surface area contributed by atoms with E-state index in [2.05, 4.69) is 20.9 Å². The second-order valence-electron chi connectivity index (χ2n) is 18.5. The van der Waals surface area contributed by atoms with E-state index in [4.69, 9.17) is 26.4 Å². The molecule has 7 heterocycles. The predicted octanol–water partition coefficient (Wildman–Crippen LogP) is 6.75. The number of fused-ring (bicyclic) bond motifs is 2. The number of benzene rings is 2. The number of imidazole rings is 1. The molecule has 68 heavy (non-hydrogen) atoms. The minimum atomic E-state index is -3.02. The zero-order valence-corrected chi connectivity index (χ0v) is 38.6. The van der Waals surface area contributed by atoms with Crippen LogP contribution in [0.5, 0.6) is 0 Å². The number of nitrogens with one attached hydrogen (secondary N) is 3. The van der Waals surface area contributed by atoms with Crippen molar-refractivity contribution in [3.63, 3.8) is 0 Å². The average molecular weight is 954 g/mol. The molecular weight excluding hydrogens is 903 g/mol. The smallest absolute Gasteiger partial charge is 0.328 e. The highest BCUT2D eigenvalue weighted by Crippen LogP contribution is 2.51. The van der Waals surface area contributed by atoms with E-state index in [0.717, 1.165) is 24.0 Å². The van der Waals surface area contributed by atoms with Crippen molar-refractivity contribution in [2.24, 2.45) is 5.41 Å². The van der Waals surface area contributed by atoms with Gasteiger partial charge in [0.25, 0.3) is 17.7 Å². The molecular formula is C48H51ClF3N11O5. The molecule has 5 aromatic rings. The van der Waals surface area contributed by atoms with Gasteiger partial charge in [0.2, 0.25) is 5.91 Å². The Kier molecular flexibility index (Phi) is 11.8. The first-order chi connectivity index (χ1) is 32.7. The Morgan fingerprint density at radius 1 is 0.941 bits per heavy atom. The van der Waals surface area contributed by atoms with Crippen LogP contribution in [0.4, 0.5) is 40.8 Å². The zero-order valence-electron chi connectivity index (χ0n) is 37.9. The van der Waals surface area contributed by atoms with E-state index >= 15 is 13.2 Å². The molecule has 20 heteroatoms. The van der Waals surface area contributed by atoms with Gasteiger partial charge in [-0.05, 0) is 99.0 Å². The number of hydrogen-bond acceptors (Lipinski definition) is 11. The van der Waals surface area contributed by atoms with E-state index in [1.807, 2.05) is 17.0 Å². The van der Waals surface area contributed by atoms with Crippen molar-refractivity contribution >= 4 is 63.9 Å². The maximum Gasteiger partial charge on any atom is 0.328 e. The number of aromatic nitrogens is 4. The summed E-state index contributed by atoms with van der Waals surface area (Å²) < 4.78 is 55.1. The molecule has 4 fully saturated rings. The van der Waals surface area contributed by atoms with E-state index in [9.17, 15) is 19.2 Å². The lowest BCUT2D eigenvalue weighted by Crippen LogP contribution is -2.59. The fraction of sp³-hybridized carbons (Fsp3) is 0.438. The predicted molar refractivity (Wildman–Crippen MR) is 248 cm³/mol. The molecule has 5 amide bonds. The number of imide groups is 1. The molecule has 0 unspecified atom stereocenters. The third-order valence-electron chi connectivity index (χ3n) is 14.6. The third kappa shape index (κ3) is 8.06. The topological polar surface area (TPSA) is 170 Å². The van der Waals surface area contributed by atoms with Crippen LogP contribution < -0.4 is 25.8 Å². The Hall–Kier alpha value is -6.31. The molecule has 10 rings (SSSR count). The third-order valence-corrected chi connectivity index (χ3v) is 15.1. The molecule has 1 aliphatic carbocycles. The minimum absolute atomic E-state index is 0.0435. The Morgan fingerprint density at radius 2 is 1.72 bits per heavy atom. The Balaban J connectivity index is 0.796. The molecule has 5 aliphatic rings. The van der Waals surface area contributed by atoms with Gasteiger partial charge in [-0.2, -0.15) is 0 Å². The van der Waals surface area contributed by atoms with Crippen LogP contribution in [-0.4, -0.2) is 125 Å². The molecule has 356 valence electrons. The Bertz CT molecular complexity index is 2850. The van der Waals surface area contributed by atoms with Crippen molar-refractivity contribution in [1.29, 1.82) is 0 Å². The average Bonchev–Trinajstić information content (AvgIpc) is 3.95. The number of pyridine rings is 1. The van der Waals surface area contributed by atoms with Crippen molar-refractivity contribution < 1.29 is 37.1 Å². The van der Waals surface area contributed by atoms with Gasteiger partial charge in [-0.25, -0.2) is 27.5 Å². The molecule has 0 radical (unpaired) electrons. The number of ether oxygens (including phenoxy) is 1. The number of halogens is 4. The van der Waals surface area contributed by atoms with Gasteiger partial charge in [-0.3, -0.25) is 34.5 Å². The summed E-state index contributed by atoms with van der Waals surface area (Å²) in [6.07, 6.45) is 5.99. The number of rotatable bonds is 10. The molecule has 2 aromatic carbocycles. The highest BCUT2D eigenvalue weighted by molar-refractivity contribution is 6.35. The van der Waals surface area contributed by atoms with Crippen LogP contribution in [0, 0.1) is 18.2 Å². The van der Waals surface area contributed by atoms with E-state index < -0.39 is 35.6 Å². The van der Waals surface area contributed by atoms with Crippen molar-refractivity contribution in [1.82, 2.24) is 40.0 Å². The Labute approximate surface area is 395 Å². The lowest BCUT2D eigenvalue weighted by molar-refractivity contribution is -0.186. The molecule has 4 aliphatic heterocycles. The fourth-order valence-electron chi connectivity index (χ4n) is 10.5. The van der Waals surface area contributed by atoms with Gasteiger partial charge < -0.3 is 25.2 Å². The van der Waals surface area contributed by atoms with Crippen LogP contribution in [0.15, 0.2) is 54.9 Å². The van der Waals surface area contributed by atoms with E-state index in [-0.39, 0.29) is 86.5 Å². The van der Waals surface area contributed by atoms with Gasteiger partial charge in [0, 0.05) is 87.8 Å². The summed E-state index contributed by atoms with van der Waals surface area (Å²) in [6, 6.07) is 10.8. The van der Waals surface area contributed by atoms with Crippen LogP contribution in [0.1, 0.15) is 76.1 Å². The van der Waals surface area contributed by atoms with Crippen LogP contribution in [0.3, 0.4) is 0 Å². The number of nitrogens with zero attached hydrogens (tertiary/aromatic N) is 8. The maximum atomic E-state index is 16.3. The molecule has 1 spiro atoms. The number of likely N-dealkylation sites (tertiary alicyclic amines) is 2. The van der Waals surface area contributed by atoms with E-state index in [0.29, 0.717) is 70.4 Å². The number of anilines is 4. The van der Waals surface area contributed by atoms with Gasteiger partial charge in [0.15, 0.2) is 17.2 Å². The maximum absolute atomic E-state index is 16.3. The highest BCUT2D eigenvalue weighted by Gasteiger charge is 2.57. The first kappa shape index (κ1) is 45.5. The lowest BCUT2D eigenvalue weighted by atomic mass is 9.68. The fourth-order valence-corrected chi connectivity index (χ4v) is 10.7. The number of amides is 5. The van der Waals surface area contributed by atoms with Gasteiger partial charge in [-0.15, -0.1) is 5.10 Å². The number of alkyl halides is 2.